The summed E-state index contributed by atoms with van der Waals surface area (Å²) in [5, 5.41) is 3.37. The summed E-state index contributed by atoms with van der Waals surface area (Å²) < 4.78 is 18.7. The lowest BCUT2D eigenvalue weighted by Crippen LogP contribution is -2.43. The van der Waals surface area contributed by atoms with Gasteiger partial charge in [-0.15, -0.1) is 0 Å². The first-order valence-corrected chi connectivity index (χ1v) is 6.69. The maximum Gasteiger partial charge on any atom is 0.141 e. The van der Waals surface area contributed by atoms with Crippen molar-refractivity contribution < 1.29 is 9.13 Å². The van der Waals surface area contributed by atoms with Gasteiger partial charge in [0.05, 0.1) is 11.8 Å². The van der Waals surface area contributed by atoms with Gasteiger partial charge in [0.25, 0.3) is 0 Å². The van der Waals surface area contributed by atoms with Gasteiger partial charge in [0.2, 0.25) is 0 Å². The summed E-state index contributed by atoms with van der Waals surface area (Å²) in [5.41, 5.74) is -0.00402. The molecule has 18 heavy (non-hydrogen) atoms. The Kier molecular flexibility index (Phi) is 4.17. The number of aromatic nitrogens is 1. The summed E-state index contributed by atoms with van der Waals surface area (Å²) in [5.74, 6) is 0.438. The molecule has 1 aliphatic rings. The molecule has 1 atom stereocenters. The maximum absolute atomic E-state index is 12.8. The molecule has 1 unspecified atom stereocenters. The zero-order chi connectivity index (χ0) is 13.0. The van der Waals surface area contributed by atoms with E-state index in [0.29, 0.717) is 6.04 Å². The van der Waals surface area contributed by atoms with Crippen LogP contribution in [0.3, 0.4) is 0 Å². The zero-order valence-corrected chi connectivity index (χ0v) is 11.1. The van der Waals surface area contributed by atoms with E-state index in [0.717, 1.165) is 38.1 Å². The fourth-order valence-electron chi connectivity index (χ4n) is 2.56. The number of hydrogen-bond donors (Lipinski definition) is 1. The Morgan fingerprint density at radius 1 is 1.44 bits per heavy atom. The summed E-state index contributed by atoms with van der Waals surface area (Å²) in [6, 6.07) is 3.47. The standard InChI is InChI=1S/C14H21FN2O/c1-3-14(4-2)9-12(7-8-18-14)17-13-6-5-11(15)10-16-13/h5-6,10,12H,3-4,7-9H2,1-2H3,(H,16,17). The van der Waals surface area contributed by atoms with Crippen molar-refractivity contribution in [3.8, 4) is 0 Å². The normalized spacial score (nSPS) is 22.7. The molecule has 1 saturated heterocycles. The first kappa shape index (κ1) is 13.3. The van der Waals surface area contributed by atoms with E-state index in [9.17, 15) is 4.39 Å². The zero-order valence-electron chi connectivity index (χ0n) is 11.1. The molecule has 0 aliphatic carbocycles. The number of hydrogen-bond acceptors (Lipinski definition) is 3. The average molecular weight is 252 g/mol. The van der Waals surface area contributed by atoms with Crippen LogP contribution in [0.15, 0.2) is 18.3 Å². The van der Waals surface area contributed by atoms with Crippen molar-refractivity contribution in [1.82, 2.24) is 4.98 Å². The van der Waals surface area contributed by atoms with E-state index in [1.807, 2.05) is 0 Å². The quantitative estimate of drug-likeness (QED) is 0.892. The molecule has 0 aromatic carbocycles. The van der Waals surface area contributed by atoms with Crippen LogP contribution in [0, 0.1) is 5.82 Å². The fourth-order valence-corrected chi connectivity index (χ4v) is 2.56. The van der Waals surface area contributed by atoms with Crippen LogP contribution in [-0.2, 0) is 4.74 Å². The first-order chi connectivity index (χ1) is 8.67. The molecular formula is C14H21FN2O. The molecule has 1 aromatic rings. The smallest absolute Gasteiger partial charge is 0.141 e. The lowest BCUT2D eigenvalue weighted by Gasteiger charge is -2.40. The number of nitrogens with zero attached hydrogens (tertiary/aromatic N) is 1. The minimum absolute atomic E-state index is 0.00402. The number of pyridine rings is 1. The number of rotatable bonds is 4. The molecule has 0 radical (unpaired) electrons. The van der Waals surface area contributed by atoms with Crippen molar-refractivity contribution in [2.75, 3.05) is 11.9 Å². The third-order valence-corrected chi connectivity index (χ3v) is 3.86. The van der Waals surface area contributed by atoms with Crippen molar-refractivity contribution in [2.24, 2.45) is 0 Å². The Morgan fingerprint density at radius 2 is 2.22 bits per heavy atom. The molecule has 0 spiro atoms. The number of ether oxygens (including phenoxy) is 1. The predicted molar refractivity (Wildman–Crippen MR) is 70.1 cm³/mol. The molecule has 1 aromatic heterocycles. The Morgan fingerprint density at radius 3 is 2.83 bits per heavy atom. The number of halogens is 1. The number of nitrogens with one attached hydrogen (secondary N) is 1. The van der Waals surface area contributed by atoms with Crippen molar-refractivity contribution >= 4 is 5.82 Å². The molecule has 1 aliphatic heterocycles. The average Bonchev–Trinajstić information content (AvgIpc) is 2.41. The lowest BCUT2D eigenvalue weighted by atomic mass is 9.86. The van der Waals surface area contributed by atoms with Crippen molar-refractivity contribution in [3.05, 3.63) is 24.1 Å². The Hall–Kier alpha value is -1.16. The van der Waals surface area contributed by atoms with Crippen molar-refractivity contribution in [2.45, 2.75) is 51.2 Å². The summed E-state index contributed by atoms with van der Waals surface area (Å²) in [6.45, 7) is 5.12. The van der Waals surface area contributed by atoms with Crippen LogP contribution in [-0.4, -0.2) is 23.2 Å². The van der Waals surface area contributed by atoms with E-state index < -0.39 is 0 Å². The van der Waals surface area contributed by atoms with Crippen LogP contribution in [0.4, 0.5) is 10.2 Å². The van der Waals surface area contributed by atoms with Crippen LogP contribution >= 0.6 is 0 Å². The predicted octanol–water partition coefficient (Wildman–Crippen LogP) is 3.37. The van der Waals surface area contributed by atoms with Crippen LogP contribution in [0.25, 0.3) is 0 Å². The molecule has 100 valence electrons. The molecule has 0 bridgehead atoms. The SMILES string of the molecule is CCC1(CC)CC(Nc2ccc(F)cn2)CCO1. The molecule has 1 fully saturated rings. The third-order valence-electron chi connectivity index (χ3n) is 3.86. The third kappa shape index (κ3) is 2.99. The van der Waals surface area contributed by atoms with Gasteiger partial charge >= 0.3 is 0 Å². The second kappa shape index (κ2) is 5.65. The topological polar surface area (TPSA) is 34.2 Å². The van der Waals surface area contributed by atoms with E-state index >= 15 is 0 Å². The summed E-state index contributed by atoms with van der Waals surface area (Å²) in [4.78, 5) is 4.04. The highest BCUT2D eigenvalue weighted by Gasteiger charge is 2.34. The highest BCUT2D eigenvalue weighted by Crippen LogP contribution is 2.32. The van der Waals surface area contributed by atoms with Gasteiger partial charge in [0.1, 0.15) is 11.6 Å². The van der Waals surface area contributed by atoms with Crippen molar-refractivity contribution in [1.29, 1.82) is 0 Å². The molecular weight excluding hydrogens is 231 g/mol. The maximum atomic E-state index is 12.8. The van der Waals surface area contributed by atoms with Gasteiger partial charge < -0.3 is 10.1 Å². The Bertz CT molecular complexity index is 376. The van der Waals surface area contributed by atoms with Gasteiger partial charge in [-0.3, -0.25) is 0 Å². The van der Waals surface area contributed by atoms with Gasteiger partial charge in [0.15, 0.2) is 0 Å². The highest BCUT2D eigenvalue weighted by atomic mass is 19.1. The van der Waals surface area contributed by atoms with E-state index in [1.165, 1.54) is 12.3 Å². The fraction of sp³-hybridized carbons (Fsp3) is 0.643. The van der Waals surface area contributed by atoms with E-state index in [-0.39, 0.29) is 11.4 Å². The molecule has 2 heterocycles. The van der Waals surface area contributed by atoms with Gasteiger partial charge in [-0.2, -0.15) is 0 Å². The van der Waals surface area contributed by atoms with E-state index in [1.54, 1.807) is 6.07 Å². The van der Waals surface area contributed by atoms with Gasteiger partial charge in [0, 0.05) is 12.6 Å². The highest BCUT2D eigenvalue weighted by molar-refractivity contribution is 5.35. The minimum atomic E-state index is -0.302. The van der Waals surface area contributed by atoms with Crippen LogP contribution in [0.1, 0.15) is 39.5 Å². The lowest BCUT2D eigenvalue weighted by molar-refractivity contribution is -0.0864. The first-order valence-electron chi connectivity index (χ1n) is 6.69. The van der Waals surface area contributed by atoms with Crippen molar-refractivity contribution in [3.63, 3.8) is 0 Å². The molecule has 0 saturated carbocycles. The monoisotopic (exact) mass is 252 g/mol. The summed E-state index contributed by atoms with van der Waals surface area (Å²) in [6.07, 6.45) is 5.26. The number of anilines is 1. The van der Waals surface area contributed by atoms with Crippen LogP contribution in [0.2, 0.25) is 0 Å². The van der Waals surface area contributed by atoms with Gasteiger partial charge in [-0.05, 0) is 37.8 Å². The second-order valence-corrected chi connectivity index (χ2v) is 4.93. The van der Waals surface area contributed by atoms with Gasteiger partial charge in [-0.25, -0.2) is 9.37 Å². The molecule has 4 heteroatoms. The van der Waals surface area contributed by atoms with Crippen LogP contribution in [0.5, 0.6) is 0 Å². The molecule has 1 N–H and O–H groups in total. The molecule has 3 nitrogen and oxygen atoms in total. The Balaban J connectivity index is 1.99. The molecule has 2 rings (SSSR count). The minimum Gasteiger partial charge on any atom is -0.375 e. The summed E-state index contributed by atoms with van der Waals surface area (Å²) in [7, 11) is 0. The van der Waals surface area contributed by atoms with E-state index in [2.05, 4.69) is 24.1 Å². The van der Waals surface area contributed by atoms with E-state index in [4.69, 9.17) is 4.74 Å². The van der Waals surface area contributed by atoms with Gasteiger partial charge in [-0.1, -0.05) is 13.8 Å². The largest absolute Gasteiger partial charge is 0.375 e. The second-order valence-electron chi connectivity index (χ2n) is 4.93. The summed E-state index contributed by atoms with van der Waals surface area (Å²) >= 11 is 0. The Labute approximate surface area is 108 Å². The molecule has 0 amide bonds. The van der Waals surface area contributed by atoms with Crippen LogP contribution < -0.4 is 5.32 Å².